The summed E-state index contributed by atoms with van der Waals surface area (Å²) in [7, 11) is -3.64. The van der Waals surface area contributed by atoms with E-state index in [1.165, 1.54) is 12.1 Å². The van der Waals surface area contributed by atoms with Crippen molar-refractivity contribution in [1.82, 2.24) is 0 Å². The van der Waals surface area contributed by atoms with Crippen LogP contribution in [-0.2, 0) is 22.7 Å². The molecule has 1 aromatic carbocycles. The number of hydrogen-bond donors (Lipinski definition) is 2. The van der Waals surface area contributed by atoms with Crippen molar-refractivity contribution in [3.05, 3.63) is 29.3 Å². The molecule has 1 aromatic rings. The van der Waals surface area contributed by atoms with E-state index in [1.807, 2.05) is 0 Å². The number of nitrogens with one attached hydrogen (secondary N) is 1. The van der Waals surface area contributed by atoms with Crippen LogP contribution in [0.4, 0.5) is 18.9 Å². The van der Waals surface area contributed by atoms with E-state index in [0.717, 1.165) is 18.9 Å². The summed E-state index contributed by atoms with van der Waals surface area (Å²) in [5.41, 5.74) is 4.24. The summed E-state index contributed by atoms with van der Waals surface area (Å²) in [6, 6.07) is 3.31. The molecule has 0 spiro atoms. The molecule has 0 unspecified atom stereocenters. The first-order valence-electron chi connectivity index (χ1n) is 6.66. The number of halogens is 3. The molecule has 21 heavy (non-hydrogen) atoms. The summed E-state index contributed by atoms with van der Waals surface area (Å²) in [4.78, 5) is 0. The molecule has 0 atom stereocenters. The third kappa shape index (κ3) is 3.68. The molecule has 3 N–H and O–H groups in total. The Bertz CT molecular complexity index is 608. The smallest absolute Gasteiger partial charge is 0.326 e. The first-order valence-corrected chi connectivity index (χ1v) is 8.20. The van der Waals surface area contributed by atoms with Gasteiger partial charge in [0, 0.05) is 12.2 Å². The molecule has 118 valence electrons. The van der Waals surface area contributed by atoms with Gasteiger partial charge in [-0.15, -0.1) is 0 Å². The Balaban J connectivity index is 2.29. The predicted octanol–water partition coefficient (Wildman–Crippen LogP) is 2.85. The fourth-order valence-electron chi connectivity index (χ4n) is 2.53. The van der Waals surface area contributed by atoms with Crippen LogP contribution in [-0.4, -0.2) is 13.7 Å². The normalized spacial score (nSPS) is 17.1. The molecule has 0 radical (unpaired) electrons. The zero-order valence-corrected chi connectivity index (χ0v) is 12.1. The number of hydrogen-bond acceptors (Lipinski definition) is 3. The Morgan fingerprint density at radius 1 is 1.24 bits per heavy atom. The van der Waals surface area contributed by atoms with E-state index in [0.29, 0.717) is 12.8 Å². The van der Waals surface area contributed by atoms with Crippen LogP contribution in [0.5, 0.6) is 0 Å². The minimum Gasteiger partial charge on any atom is -0.326 e. The van der Waals surface area contributed by atoms with Crippen molar-refractivity contribution in [3.63, 3.8) is 0 Å². The van der Waals surface area contributed by atoms with E-state index in [2.05, 4.69) is 4.72 Å². The van der Waals surface area contributed by atoms with Crippen molar-refractivity contribution >= 4 is 15.7 Å². The second kappa shape index (κ2) is 5.84. The number of benzene rings is 1. The first-order chi connectivity index (χ1) is 9.74. The maximum Gasteiger partial charge on any atom is 0.416 e. The highest BCUT2D eigenvalue weighted by Gasteiger charge is 2.34. The Kier molecular flexibility index (Phi) is 4.48. The summed E-state index contributed by atoms with van der Waals surface area (Å²) in [6.07, 6.45) is -1.83. The highest BCUT2D eigenvalue weighted by atomic mass is 32.2. The lowest BCUT2D eigenvalue weighted by Crippen LogP contribution is -2.25. The average molecular weight is 322 g/mol. The van der Waals surface area contributed by atoms with Crippen LogP contribution in [0.3, 0.4) is 0 Å². The molecule has 1 saturated carbocycles. The molecule has 1 aliphatic rings. The second-order valence-electron chi connectivity index (χ2n) is 5.13. The van der Waals surface area contributed by atoms with Gasteiger partial charge in [-0.05, 0) is 30.5 Å². The van der Waals surface area contributed by atoms with E-state index in [9.17, 15) is 21.6 Å². The molecule has 1 fully saturated rings. The Morgan fingerprint density at radius 3 is 2.38 bits per heavy atom. The van der Waals surface area contributed by atoms with Crippen molar-refractivity contribution < 1.29 is 21.6 Å². The van der Waals surface area contributed by atoms with Gasteiger partial charge in [0.25, 0.3) is 0 Å². The highest BCUT2D eigenvalue weighted by molar-refractivity contribution is 7.93. The number of rotatable bonds is 4. The van der Waals surface area contributed by atoms with Gasteiger partial charge >= 0.3 is 6.18 Å². The van der Waals surface area contributed by atoms with Gasteiger partial charge in [0.15, 0.2) is 0 Å². The van der Waals surface area contributed by atoms with Gasteiger partial charge in [-0.1, -0.05) is 18.9 Å². The van der Waals surface area contributed by atoms with E-state index >= 15 is 0 Å². The van der Waals surface area contributed by atoms with E-state index < -0.39 is 27.0 Å². The lowest BCUT2D eigenvalue weighted by atomic mass is 10.1. The SMILES string of the molecule is NCc1ccc(NS(=O)(=O)C2CCCC2)cc1C(F)(F)F. The van der Waals surface area contributed by atoms with Crippen LogP contribution >= 0.6 is 0 Å². The molecule has 8 heteroatoms. The average Bonchev–Trinajstić information content (AvgIpc) is 2.92. The summed E-state index contributed by atoms with van der Waals surface area (Å²) in [6.45, 7) is -0.259. The van der Waals surface area contributed by atoms with Crippen LogP contribution in [0, 0.1) is 0 Å². The number of nitrogens with two attached hydrogens (primary N) is 1. The van der Waals surface area contributed by atoms with Crippen LogP contribution < -0.4 is 10.5 Å². The molecule has 0 bridgehead atoms. The fourth-order valence-corrected chi connectivity index (χ4v) is 4.10. The van der Waals surface area contributed by atoms with E-state index in [4.69, 9.17) is 5.73 Å². The quantitative estimate of drug-likeness (QED) is 0.895. The molecule has 0 heterocycles. The Hall–Kier alpha value is -1.28. The maximum absolute atomic E-state index is 12.9. The van der Waals surface area contributed by atoms with Gasteiger partial charge in [0.2, 0.25) is 10.0 Å². The number of alkyl halides is 3. The van der Waals surface area contributed by atoms with Gasteiger partial charge in [-0.3, -0.25) is 4.72 Å². The summed E-state index contributed by atoms with van der Waals surface area (Å²) >= 11 is 0. The monoisotopic (exact) mass is 322 g/mol. The third-order valence-corrected chi connectivity index (χ3v) is 5.51. The van der Waals surface area contributed by atoms with Crippen LogP contribution in [0.2, 0.25) is 0 Å². The minimum absolute atomic E-state index is 0.0636. The molecule has 2 rings (SSSR count). The molecular weight excluding hydrogens is 305 g/mol. The summed E-state index contributed by atoms with van der Waals surface area (Å²) in [5.74, 6) is 0. The highest BCUT2D eigenvalue weighted by Crippen LogP contribution is 2.34. The van der Waals surface area contributed by atoms with Crippen LogP contribution in [0.25, 0.3) is 0 Å². The second-order valence-corrected chi connectivity index (χ2v) is 7.09. The van der Waals surface area contributed by atoms with Crippen LogP contribution in [0.15, 0.2) is 18.2 Å². The maximum atomic E-state index is 12.9. The lowest BCUT2D eigenvalue weighted by molar-refractivity contribution is -0.138. The summed E-state index contributed by atoms with van der Waals surface area (Å²) < 4.78 is 65.2. The zero-order valence-electron chi connectivity index (χ0n) is 11.3. The number of sulfonamides is 1. The van der Waals surface area contributed by atoms with Crippen molar-refractivity contribution in [2.24, 2.45) is 5.73 Å². The van der Waals surface area contributed by atoms with Gasteiger partial charge in [0.1, 0.15) is 0 Å². The first kappa shape index (κ1) is 16.1. The third-order valence-electron chi connectivity index (χ3n) is 3.64. The molecule has 4 nitrogen and oxygen atoms in total. The zero-order chi connectivity index (χ0) is 15.7. The molecule has 0 aliphatic heterocycles. The molecule has 0 amide bonds. The van der Waals surface area contributed by atoms with Crippen molar-refractivity contribution in [1.29, 1.82) is 0 Å². The molecule has 0 saturated heterocycles. The Morgan fingerprint density at radius 2 is 1.86 bits per heavy atom. The van der Waals surface area contributed by atoms with E-state index in [1.54, 1.807) is 0 Å². The van der Waals surface area contributed by atoms with Gasteiger partial charge in [-0.2, -0.15) is 13.2 Å². The molecule has 1 aliphatic carbocycles. The van der Waals surface area contributed by atoms with Gasteiger partial charge < -0.3 is 5.73 Å². The minimum atomic E-state index is -4.57. The topological polar surface area (TPSA) is 72.2 Å². The largest absolute Gasteiger partial charge is 0.416 e. The van der Waals surface area contributed by atoms with Crippen molar-refractivity contribution in [3.8, 4) is 0 Å². The Labute approximate surface area is 121 Å². The lowest BCUT2D eigenvalue weighted by Gasteiger charge is -2.16. The van der Waals surface area contributed by atoms with E-state index in [-0.39, 0.29) is 17.8 Å². The number of anilines is 1. The van der Waals surface area contributed by atoms with Gasteiger partial charge in [0.05, 0.1) is 10.8 Å². The van der Waals surface area contributed by atoms with Gasteiger partial charge in [-0.25, -0.2) is 8.42 Å². The molecular formula is C13H17F3N2O2S. The standard InChI is InChI=1S/C13H17F3N2O2S/c14-13(15,16)12-7-10(6-5-9(12)8-17)18-21(19,20)11-3-1-2-4-11/h5-7,11,18H,1-4,8,17H2. The molecule has 0 aromatic heterocycles. The fraction of sp³-hybridized carbons (Fsp3) is 0.538. The summed E-state index contributed by atoms with van der Waals surface area (Å²) in [5, 5.41) is -0.527. The predicted molar refractivity (Wildman–Crippen MR) is 74.1 cm³/mol. The van der Waals surface area contributed by atoms with Crippen molar-refractivity contribution in [2.45, 2.75) is 43.7 Å². The van der Waals surface area contributed by atoms with Crippen molar-refractivity contribution in [2.75, 3.05) is 4.72 Å². The van der Waals surface area contributed by atoms with Crippen LogP contribution in [0.1, 0.15) is 36.8 Å².